The van der Waals surface area contributed by atoms with E-state index >= 15 is 0 Å². The number of rotatable bonds is 2. The maximum atomic E-state index is 11.3. The first-order chi connectivity index (χ1) is 6.86. The van der Waals surface area contributed by atoms with Crippen molar-refractivity contribution in [3.05, 3.63) is 65.4 Å². The quantitative estimate of drug-likeness (QED) is 0.524. The summed E-state index contributed by atoms with van der Waals surface area (Å²) in [5, 5.41) is 11.3. The second-order valence-electron chi connectivity index (χ2n) is 3.06. The summed E-state index contributed by atoms with van der Waals surface area (Å²) in [6, 6.07) is 9.86. The minimum Gasteiger partial charge on any atom is -0.618 e. The van der Waals surface area contributed by atoms with E-state index in [9.17, 15) is 5.21 Å². The second-order valence-corrected chi connectivity index (χ2v) is 3.06. The summed E-state index contributed by atoms with van der Waals surface area (Å²) >= 11 is 0. The van der Waals surface area contributed by atoms with Gasteiger partial charge in [-0.15, -0.1) is 0 Å². The summed E-state index contributed by atoms with van der Waals surface area (Å²) in [6.07, 6.45) is 5.12. The zero-order valence-corrected chi connectivity index (χ0v) is 7.63. The van der Waals surface area contributed by atoms with Gasteiger partial charge in [-0.3, -0.25) is 4.98 Å². The van der Waals surface area contributed by atoms with Crippen molar-refractivity contribution in [2.24, 2.45) is 0 Å². The van der Waals surface area contributed by atoms with Crippen LogP contribution in [0.15, 0.2) is 48.9 Å². The Balaban J connectivity index is 2.24. The lowest BCUT2D eigenvalue weighted by Crippen LogP contribution is -2.31. The molecule has 0 N–H and O–H groups in total. The van der Waals surface area contributed by atoms with Gasteiger partial charge in [0, 0.05) is 0 Å². The molecule has 2 aromatic rings. The molecule has 0 amide bonds. The van der Waals surface area contributed by atoms with Crippen LogP contribution in [0.2, 0.25) is 0 Å². The Labute approximate surface area is 82.3 Å². The maximum Gasteiger partial charge on any atom is 0.215 e. The SMILES string of the molecule is [O-][n+]1ccncc1Cc1ccccc1. The van der Waals surface area contributed by atoms with Crippen molar-refractivity contribution in [3.63, 3.8) is 0 Å². The molecule has 14 heavy (non-hydrogen) atoms. The summed E-state index contributed by atoms with van der Waals surface area (Å²) in [7, 11) is 0. The maximum absolute atomic E-state index is 11.3. The highest BCUT2D eigenvalue weighted by atomic mass is 16.5. The Bertz CT molecular complexity index is 415. The predicted molar refractivity (Wildman–Crippen MR) is 52.4 cm³/mol. The molecule has 70 valence electrons. The average molecular weight is 186 g/mol. The predicted octanol–water partition coefficient (Wildman–Crippen LogP) is 1.31. The summed E-state index contributed by atoms with van der Waals surface area (Å²) in [4.78, 5) is 3.92. The van der Waals surface area contributed by atoms with Crippen molar-refractivity contribution in [2.75, 3.05) is 0 Å². The molecule has 3 nitrogen and oxygen atoms in total. The molecule has 0 saturated carbocycles. The topological polar surface area (TPSA) is 39.8 Å². The van der Waals surface area contributed by atoms with Crippen LogP contribution < -0.4 is 4.73 Å². The molecule has 0 spiro atoms. The molecular weight excluding hydrogens is 176 g/mol. The molecule has 1 aromatic carbocycles. The van der Waals surface area contributed by atoms with Crippen LogP contribution in [0.4, 0.5) is 0 Å². The van der Waals surface area contributed by atoms with Crippen molar-refractivity contribution in [1.29, 1.82) is 0 Å². The molecule has 0 saturated heterocycles. The Morgan fingerprint density at radius 1 is 1.21 bits per heavy atom. The lowest BCUT2D eigenvalue weighted by molar-refractivity contribution is -0.614. The summed E-state index contributed by atoms with van der Waals surface area (Å²) in [5.41, 5.74) is 1.78. The number of benzene rings is 1. The third-order valence-corrected chi connectivity index (χ3v) is 2.02. The summed E-state index contributed by atoms with van der Waals surface area (Å²) in [6.45, 7) is 0. The standard InChI is InChI=1S/C11H10N2O/c14-13-7-6-12-9-11(13)8-10-4-2-1-3-5-10/h1-7,9H,8H2. The smallest absolute Gasteiger partial charge is 0.215 e. The average Bonchev–Trinajstić information content (AvgIpc) is 2.23. The molecule has 0 bridgehead atoms. The van der Waals surface area contributed by atoms with E-state index in [-0.39, 0.29) is 0 Å². The highest BCUT2D eigenvalue weighted by Gasteiger charge is 2.04. The van der Waals surface area contributed by atoms with E-state index in [1.54, 1.807) is 6.20 Å². The van der Waals surface area contributed by atoms with Crippen LogP contribution in [0.1, 0.15) is 11.3 Å². The molecule has 0 aliphatic carbocycles. The van der Waals surface area contributed by atoms with Gasteiger partial charge in [-0.1, -0.05) is 30.3 Å². The molecule has 0 aliphatic heterocycles. The van der Waals surface area contributed by atoms with Gasteiger partial charge in [0.1, 0.15) is 0 Å². The zero-order chi connectivity index (χ0) is 9.80. The number of hydrogen-bond acceptors (Lipinski definition) is 2. The molecule has 0 aliphatic rings. The van der Waals surface area contributed by atoms with Gasteiger partial charge in [-0.05, 0) is 5.56 Å². The lowest BCUT2D eigenvalue weighted by Gasteiger charge is -2.02. The molecule has 0 atom stereocenters. The Hall–Kier alpha value is -1.90. The minimum absolute atomic E-state index is 0.623. The van der Waals surface area contributed by atoms with Crippen LogP contribution in [-0.4, -0.2) is 4.98 Å². The van der Waals surface area contributed by atoms with Gasteiger partial charge in [0.2, 0.25) is 5.69 Å². The third-order valence-electron chi connectivity index (χ3n) is 2.02. The highest BCUT2D eigenvalue weighted by molar-refractivity contribution is 5.18. The van der Waals surface area contributed by atoms with Gasteiger partial charge < -0.3 is 5.21 Å². The number of nitrogens with zero attached hydrogens (tertiary/aromatic N) is 2. The van der Waals surface area contributed by atoms with Gasteiger partial charge in [0.25, 0.3) is 0 Å². The second kappa shape index (κ2) is 3.87. The third kappa shape index (κ3) is 1.88. The normalized spacial score (nSPS) is 10.0. The van der Waals surface area contributed by atoms with Crippen LogP contribution in [0.25, 0.3) is 0 Å². The minimum atomic E-state index is 0.623. The first-order valence-corrected chi connectivity index (χ1v) is 4.42. The first kappa shape index (κ1) is 8.69. The Kier molecular flexibility index (Phi) is 2.40. The van der Waals surface area contributed by atoms with Crippen molar-refractivity contribution in [3.8, 4) is 0 Å². The van der Waals surface area contributed by atoms with Crippen LogP contribution in [-0.2, 0) is 6.42 Å². The number of hydrogen-bond donors (Lipinski definition) is 0. The molecule has 1 aromatic heterocycles. The van der Waals surface area contributed by atoms with E-state index in [1.165, 1.54) is 12.4 Å². The molecule has 2 rings (SSSR count). The fraction of sp³-hybridized carbons (Fsp3) is 0.0909. The number of aromatic nitrogens is 2. The largest absolute Gasteiger partial charge is 0.618 e. The van der Waals surface area contributed by atoms with Crippen LogP contribution in [0, 0.1) is 5.21 Å². The molecule has 1 heterocycles. The van der Waals surface area contributed by atoms with Crippen LogP contribution >= 0.6 is 0 Å². The highest BCUT2D eigenvalue weighted by Crippen LogP contribution is 2.03. The van der Waals surface area contributed by atoms with Crippen molar-refractivity contribution < 1.29 is 4.73 Å². The summed E-state index contributed by atoms with van der Waals surface area (Å²) in [5.74, 6) is 0. The molecule has 0 fully saturated rings. The fourth-order valence-corrected chi connectivity index (χ4v) is 1.31. The van der Waals surface area contributed by atoms with Crippen molar-refractivity contribution in [1.82, 2.24) is 4.98 Å². The first-order valence-electron chi connectivity index (χ1n) is 4.42. The van der Waals surface area contributed by atoms with Crippen molar-refractivity contribution >= 4 is 0 Å². The fourth-order valence-electron chi connectivity index (χ4n) is 1.31. The molecular formula is C11H10N2O. The van der Waals surface area contributed by atoms with Gasteiger partial charge in [0.05, 0.1) is 18.8 Å². The van der Waals surface area contributed by atoms with E-state index in [0.717, 1.165) is 10.3 Å². The van der Waals surface area contributed by atoms with Gasteiger partial charge >= 0.3 is 0 Å². The molecule has 0 radical (unpaired) electrons. The van der Waals surface area contributed by atoms with Gasteiger partial charge in [0.15, 0.2) is 6.20 Å². The zero-order valence-electron chi connectivity index (χ0n) is 7.63. The Morgan fingerprint density at radius 2 is 2.00 bits per heavy atom. The van der Waals surface area contributed by atoms with E-state index in [0.29, 0.717) is 12.1 Å². The van der Waals surface area contributed by atoms with E-state index in [2.05, 4.69) is 4.98 Å². The molecule has 3 heteroatoms. The van der Waals surface area contributed by atoms with Gasteiger partial charge in [-0.2, -0.15) is 4.73 Å². The van der Waals surface area contributed by atoms with E-state index in [4.69, 9.17) is 0 Å². The lowest BCUT2D eigenvalue weighted by atomic mass is 10.1. The Morgan fingerprint density at radius 3 is 2.71 bits per heavy atom. The van der Waals surface area contributed by atoms with E-state index < -0.39 is 0 Å². The van der Waals surface area contributed by atoms with Gasteiger partial charge in [-0.25, -0.2) is 0 Å². The van der Waals surface area contributed by atoms with Crippen LogP contribution in [0.3, 0.4) is 0 Å². The van der Waals surface area contributed by atoms with Crippen molar-refractivity contribution in [2.45, 2.75) is 6.42 Å². The molecule has 0 unspecified atom stereocenters. The summed E-state index contributed by atoms with van der Waals surface area (Å²) < 4.78 is 0.847. The monoisotopic (exact) mass is 186 g/mol. The van der Waals surface area contributed by atoms with E-state index in [1.807, 2.05) is 30.3 Å². The van der Waals surface area contributed by atoms with Crippen LogP contribution in [0.5, 0.6) is 0 Å².